The van der Waals surface area contributed by atoms with E-state index in [0.29, 0.717) is 24.4 Å². The largest absolute Gasteiger partial charge is 0.656 e. The fourth-order valence-electron chi connectivity index (χ4n) is 2.51. The third-order valence-electron chi connectivity index (χ3n) is 3.85. The summed E-state index contributed by atoms with van der Waals surface area (Å²) in [7, 11) is 0.450. The number of rotatable bonds is 5. The molecule has 1 aromatic carbocycles. The summed E-state index contributed by atoms with van der Waals surface area (Å²) in [4.78, 5) is 29.2. The topological polar surface area (TPSA) is 78.0 Å². The third-order valence-corrected chi connectivity index (χ3v) is 3.85. The molecule has 0 aliphatic carbocycles. The number of hydrogen-bond donors (Lipinski definition) is 0. The molecule has 0 atom stereocenters. The van der Waals surface area contributed by atoms with Gasteiger partial charge in [-0.1, -0.05) is 12.1 Å². The summed E-state index contributed by atoms with van der Waals surface area (Å²) in [5, 5.41) is 0. The van der Waals surface area contributed by atoms with Crippen molar-refractivity contribution < 1.29 is 28.0 Å². The van der Waals surface area contributed by atoms with Crippen molar-refractivity contribution in [2.45, 2.75) is 6.42 Å². The van der Waals surface area contributed by atoms with E-state index in [1.54, 1.807) is 31.3 Å². The average Bonchev–Trinajstić information content (AvgIpc) is 2.62. The number of halogens is 1. The first-order chi connectivity index (χ1) is 13.0. The van der Waals surface area contributed by atoms with E-state index < -0.39 is 19.1 Å². The van der Waals surface area contributed by atoms with E-state index in [1.165, 1.54) is 23.2 Å². The predicted molar refractivity (Wildman–Crippen MR) is 94.9 cm³/mol. The van der Waals surface area contributed by atoms with Gasteiger partial charge in [0.15, 0.2) is 0 Å². The molecule has 3 rings (SSSR count). The molecule has 7 nitrogen and oxygen atoms in total. The van der Waals surface area contributed by atoms with Gasteiger partial charge < -0.3 is 14.0 Å². The van der Waals surface area contributed by atoms with Gasteiger partial charge in [0.25, 0.3) is 0 Å². The summed E-state index contributed by atoms with van der Waals surface area (Å²) in [6.07, 6.45) is 2.08. The lowest BCUT2D eigenvalue weighted by Gasteiger charge is -2.22. The lowest BCUT2D eigenvalue weighted by atomic mass is 9.83. The molecule has 1 aliphatic rings. The second kappa shape index (κ2) is 8.63. The Kier molecular flexibility index (Phi) is 6.03. The lowest BCUT2D eigenvalue weighted by Crippen LogP contribution is -2.48. The maximum atomic E-state index is 12.9. The summed E-state index contributed by atoms with van der Waals surface area (Å²) in [5.41, 5.74) is 1.26. The van der Waals surface area contributed by atoms with Crippen molar-refractivity contribution >= 4 is 24.7 Å². The lowest BCUT2D eigenvalue weighted by molar-refractivity contribution is -0.145. The second-order valence-corrected chi connectivity index (χ2v) is 6.13. The minimum Gasteiger partial charge on any atom is -0.493 e. The van der Waals surface area contributed by atoms with Crippen molar-refractivity contribution in [1.29, 1.82) is 0 Å². The zero-order chi connectivity index (χ0) is 19.2. The smallest absolute Gasteiger partial charge is 0.493 e. The molecule has 0 N–H and O–H groups in total. The summed E-state index contributed by atoms with van der Waals surface area (Å²) in [6, 6.07) is 9.44. The van der Waals surface area contributed by atoms with Crippen LogP contribution in [0.1, 0.15) is 5.56 Å². The highest BCUT2D eigenvalue weighted by Crippen LogP contribution is 2.09. The normalized spacial score (nSPS) is 15.6. The molecule has 27 heavy (non-hydrogen) atoms. The van der Waals surface area contributed by atoms with Crippen LogP contribution in [0.3, 0.4) is 0 Å². The van der Waals surface area contributed by atoms with Crippen molar-refractivity contribution in [1.82, 2.24) is 9.88 Å². The van der Waals surface area contributed by atoms with Crippen LogP contribution in [0.4, 0.5) is 4.39 Å². The van der Waals surface area contributed by atoms with Gasteiger partial charge in [0.05, 0.1) is 25.9 Å². The molecule has 0 saturated carbocycles. The van der Waals surface area contributed by atoms with Gasteiger partial charge in [-0.25, -0.2) is 4.39 Å². The molecule has 2 aromatic rings. The van der Waals surface area contributed by atoms with Crippen LogP contribution in [-0.2, 0) is 25.3 Å². The van der Waals surface area contributed by atoms with Crippen molar-refractivity contribution in [2.75, 3.05) is 26.7 Å². The zero-order valence-corrected chi connectivity index (χ0v) is 14.8. The maximum absolute atomic E-state index is 12.9. The van der Waals surface area contributed by atoms with Crippen LogP contribution in [0.5, 0.6) is 5.75 Å². The number of carbonyl (C=O) groups excluding carboxylic acids is 2. The van der Waals surface area contributed by atoms with Crippen LogP contribution in [0.25, 0.3) is 0 Å². The monoisotopic (exact) mass is 372 g/mol. The SMILES string of the molecule is CN1CC(=O)OB(c2ccc(OCCc3ccc(F)cc3)cn2)OC(=O)C1. The molecule has 2 heterocycles. The molecule has 9 heteroatoms. The number of hydrogen-bond acceptors (Lipinski definition) is 7. The van der Waals surface area contributed by atoms with Gasteiger partial charge in [-0.05, 0) is 36.9 Å². The number of likely N-dealkylation sites (N-methyl/N-ethyl adjacent to an activating group) is 1. The molecular formula is C18H18BFN2O5. The Morgan fingerprint density at radius 1 is 1.11 bits per heavy atom. The molecule has 1 aromatic heterocycles. The standard InChI is InChI=1S/C18H18BFN2O5/c1-22-11-17(23)26-19(27-18(24)12-22)16-7-6-15(10-21-16)25-9-8-13-2-4-14(20)5-3-13/h2-7,10H,8-9,11-12H2,1H3. The minimum absolute atomic E-state index is 0.00379. The van der Waals surface area contributed by atoms with Gasteiger partial charge in [-0.3, -0.25) is 19.5 Å². The first-order valence-corrected chi connectivity index (χ1v) is 8.40. The van der Waals surface area contributed by atoms with Crippen molar-refractivity contribution in [3.63, 3.8) is 0 Å². The molecule has 0 bridgehead atoms. The number of ether oxygens (including phenoxy) is 1. The average molecular weight is 372 g/mol. The van der Waals surface area contributed by atoms with E-state index in [9.17, 15) is 14.0 Å². The van der Waals surface area contributed by atoms with E-state index in [0.717, 1.165) is 5.56 Å². The highest BCUT2D eigenvalue weighted by molar-refractivity contribution is 6.63. The van der Waals surface area contributed by atoms with Gasteiger partial charge in [0, 0.05) is 6.42 Å². The van der Waals surface area contributed by atoms with Gasteiger partial charge >= 0.3 is 19.1 Å². The first-order valence-electron chi connectivity index (χ1n) is 8.40. The fraction of sp³-hybridized carbons (Fsp3) is 0.278. The highest BCUT2D eigenvalue weighted by atomic mass is 19.1. The summed E-state index contributed by atoms with van der Waals surface area (Å²) >= 11 is 0. The molecule has 1 saturated heterocycles. The van der Waals surface area contributed by atoms with Crippen LogP contribution in [-0.4, -0.2) is 55.7 Å². The van der Waals surface area contributed by atoms with Crippen LogP contribution < -0.4 is 10.3 Å². The van der Waals surface area contributed by atoms with Gasteiger partial charge in [0.2, 0.25) is 0 Å². The Morgan fingerprint density at radius 2 is 1.78 bits per heavy atom. The van der Waals surface area contributed by atoms with Crippen molar-refractivity contribution in [3.8, 4) is 5.75 Å². The van der Waals surface area contributed by atoms with Gasteiger partial charge in [-0.15, -0.1) is 0 Å². The van der Waals surface area contributed by atoms with Gasteiger partial charge in [0.1, 0.15) is 17.2 Å². The van der Waals surface area contributed by atoms with Crippen LogP contribution in [0.2, 0.25) is 0 Å². The maximum Gasteiger partial charge on any atom is 0.656 e. The fourth-order valence-corrected chi connectivity index (χ4v) is 2.51. The number of nitrogens with zero attached hydrogens (tertiary/aromatic N) is 2. The molecule has 0 unspecified atom stereocenters. The molecule has 1 aliphatic heterocycles. The summed E-state index contributed by atoms with van der Waals surface area (Å²) < 4.78 is 28.8. The molecule has 0 radical (unpaired) electrons. The summed E-state index contributed by atoms with van der Waals surface area (Å²) in [6.45, 7) is 0.388. The van der Waals surface area contributed by atoms with Crippen LogP contribution >= 0.6 is 0 Å². The van der Waals surface area contributed by atoms with E-state index in [1.807, 2.05) is 0 Å². The third kappa shape index (κ3) is 5.52. The Balaban J connectivity index is 1.56. The number of benzene rings is 1. The van der Waals surface area contributed by atoms with Gasteiger partial charge in [-0.2, -0.15) is 0 Å². The van der Waals surface area contributed by atoms with E-state index in [2.05, 4.69) is 4.98 Å². The van der Waals surface area contributed by atoms with Crippen molar-refractivity contribution in [3.05, 3.63) is 54.0 Å². The molecule has 0 amide bonds. The second-order valence-electron chi connectivity index (χ2n) is 6.13. The molecular weight excluding hydrogens is 354 g/mol. The number of aromatic nitrogens is 1. The quantitative estimate of drug-likeness (QED) is 0.710. The Hall–Kier alpha value is -2.94. The Morgan fingerprint density at radius 3 is 2.37 bits per heavy atom. The predicted octanol–water partition coefficient (Wildman–Crippen LogP) is 0.569. The number of pyridine rings is 1. The zero-order valence-electron chi connectivity index (χ0n) is 14.8. The first kappa shape index (κ1) is 18.8. The summed E-state index contributed by atoms with van der Waals surface area (Å²) in [5.74, 6) is -0.765. The highest BCUT2D eigenvalue weighted by Gasteiger charge is 2.35. The molecule has 0 spiro atoms. The minimum atomic E-state index is -1.17. The molecule has 1 fully saturated rings. The van der Waals surface area contributed by atoms with Crippen LogP contribution in [0, 0.1) is 5.82 Å². The van der Waals surface area contributed by atoms with E-state index in [-0.39, 0.29) is 18.9 Å². The molecule has 140 valence electrons. The number of carbonyl (C=O) groups is 2. The van der Waals surface area contributed by atoms with E-state index >= 15 is 0 Å². The Labute approximate surface area is 156 Å². The Bertz CT molecular complexity index is 780. The van der Waals surface area contributed by atoms with Crippen molar-refractivity contribution in [2.24, 2.45) is 0 Å². The van der Waals surface area contributed by atoms with Crippen LogP contribution in [0.15, 0.2) is 42.6 Å². The van der Waals surface area contributed by atoms with E-state index in [4.69, 9.17) is 14.0 Å².